The van der Waals surface area contributed by atoms with E-state index < -0.39 is 0 Å². The van der Waals surface area contributed by atoms with Gasteiger partial charge in [0.15, 0.2) is 0 Å². The standard InChI is InChI=1S/C16H25FN2/c1-4-15(2)12-18-16(3,13-19(15)11-10-17)14-8-6-5-7-9-14/h5-9,18H,4,10-13H2,1-3H3. The third kappa shape index (κ3) is 2.82. The molecule has 1 aromatic rings. The molecule has 1 fully saturated rings. The van der Waals surface area contributed by atoms with Crippen molar-refractivity contribution in [2.75, 3.05) is 26.3 Å². The molecule has 3 heteroatoms. The van der Waals surface area contributed by atoms with Crippen LogP contribution in [0, 0.1) is 0 Å². The molecule has 2 nitrogen and oxygen atoms in total. The van der Waals surface area contributed by atoms with E-state index in [0.29, 0.717) is 6.54 Å². The van der Waals surface area contributed by atoms with Crippen LogP contribution in [0.3, 0.4) is 0 Å². The van der Waals surface area contributed by atoms with Gasteiger partial charge in [-0.25, -0.2) is 4.39 Å². The number of halogens is 1. The van der Waals surface area contributed by atoms with Crippen LogP contribution in [0.5, 0.6) is 0 Å². The zero-order chi connectivity index (χ0) is 13.9. The first-order valence-corrected chi connectivity index (χ1v) is 7.16. The normalized spacial score (nSPS) is 32.4. The molecule has 1 aromatic carbocycles. The number of alkyl halides is 1. The molecular formula is C16H25FN2. The van der Waals surface area contributed by atoms with Crippen molar-refractivity contribution in [3.05, 3.63) is 35.9 Å². The largest absolute Gasteiger partial charge is 0.305 e. The van der Waals surface area contributed by atoms with Crippen molar-refractivity contribution >= 4 is 0 Å². The Kier molecular flexibility index (Phi) is 4.26. The van der Waals surface area contributed by atoms with Crippen molar-refractivity contribution in [1.29, 1.82) is 0 Å². The Labute approximate surface area is 116 Å². The lowest BCUT2D eigenvalue weighted by atomic mass is 9.83. The highest BCUT2D eigenvalue weighted by atomic mass is 19.1. The van der Waals surface area contributed by atoms with Crippen LogP contribution < -0.4 is 5.32 Å². The third-order valence-corrected chi connectivity index (χ3v) is 4.66. The maximum Gasteiger partial charge on any atom is 0.102 e. The Morgan fingerprint density at radius 2 is 1.95 bits per heavy atom. The number of rotatable bonds is 4. The van der Waals surface area contributed by atoms with Crippen molar-refractivity contribution in [3.63, 3.8) is 0 Å². The lowest BCUT2D eigenvalue weighted by molar-refractivity contribution is 0.0130. The summed E-state index contributed by atoms with van der Waals surface area (Å²) >= 11 is 0. The number of piperazine rings is 1. The van der Waals surface area contributed by atoms with Gasteiger partial charge in [0.2, 0.25) is 0 Å². The fourth-order valence-corrected chi connectivity index (χ4v) is 2.92. The lowest BCUT2D eigenvalue weighted by Gasteiger charge is -2.52. The minimum atomic E-state index is -0.277. The molecule has 0 amide bonds. The first-order chi connectivity index (χ1) is 9.04. The molecule has 1 aliphatic rings. The van der Waals surface area contributed by atoms with Gasteiger partial charge in [0.25, 0.3) is 0 Å². The van der Waals surface area contributed by atoms with Crippen LogP contribution in [0.15, 0.2) is 30.3 Å². The molecule has 0 bridgehead atoms. The molecule has 106 valence electrons. The van der Waals surface area contributed by atoms with Gasteiger partial charge in [-0.3, -0.25) is 4.90 Å². The maximum atomic E-state index is 12.8. The van der Waals surface area contributed by atoms with Crippen LogP contribution in [-0.2, 0) is 5.54 Å². The highest BCUT2D eigenvalue weighted by Gasteiger charge is 2.42. The average Bonchev–Trinajstić information content (AvgIpc) is 2.45. The fourth-order valence-electron chi connectivity index (χ4n) is 2.92. The summed E-state index contributed by atoms with van der Waals surface area (Å²) in [7, 11) is 0. The minimum Gasteiger partial charge on any atom is -0.305 e. The van der Waals surface area contributed by atoms with Gasteiger partial charge >= 0.3 is 0 Å². The molecule has 0 spiro atoms. The van der Waals surface area contributed by atoms with E-state index in [1.807, 2.05) is 6.07 Å². The Morgan fingerprint density at radius 1 is 1.26 bits per heavy atom. The maximum absolute atomic E-state index is 12.8. The third-order valence-electron chi connectivity index (χ3n) is 4.66. The highest BCUT2D eigenvalue weighted by Crippen LogP contribution is 2.32. The summed E-state index contributed by atoms with van der Waals surface area (Å²) in [6, 6.07) is 10.5. The SMILES string of the molecule is CCC1(C)CNC(C)(c2ccccc2)CN1CCF. The average molecular weight is 264 g/mol. The van der Waals surface area contributed by atoms with Gasteiger partial charge in [-0.15, -0.1) is 0 Å². The first kappa shape index (κ1) is 14.5. The molecule has 1 N–H and O–H groups in total. The van der Waals surface area contributed by atoms with Crippen molar-refractivity contribution in [3.8, 4) is 0 Å². The van der Waals surface area contributed by atoms with Crippen molar-refractivity contribution in [2.24, 2.45) is 0 Å². The summed E-state index contributed by atoms with van der Waals surface area (Å²) in [5, 5.41) is 3.68. The van der Waals surface area contributed by atoms with Crippen molar-refractivity contribution < 1.29 is 4.39 Å². The summed E-state index contributed by atoms with van der Waals surface area (Å²) in [6.07, 6.45) is 1.03. The fraction of sp³-hybridized carbons (Fsp3) is 0.625. The van der Waals surface area contributed by atoms with E-state index >= 15 is 0 Å². The summed E-state index contributed by atoms with van der Waals surface area (Å²) < 4.78 is 12.8. The monoisotopic (exact) mass is 264 g/mol. The van der Waals surface area contributed by atoms with Crippen LogP contribution in [0.4, 0.5) is 4.39 Å². The van der Waals surface area contributed by atoms with E-state index in [1.165, 1.54) is 5.56 Å². The summed E-state index contributed by atoms with van der Waals surface area (Å²) in [5.41, 5.74) is 1.24. The van der Waals surface area contributed by atoms with Crippen LogP contribution in [-0.4, -0.2) is 36.7 Å². The topological polar surface area (TPSA) is 15.3 Å². The molecule has 2 atom stereocenters. The summed E-state index contributed by atoms with van der Waals surface area (Å²) in [4.78, 5) is 2.30. The number of hydrogen-bond acceptors (Lipinski definition) is 2. The van der Waals surface area contributed by atoms with Crippen molar-refractivity contribution in [1.82, 2.24) is 10.2 Å². The molecule has 1 saturated heterocycles. The first-order valence-electron chi connectivity index (χ1n) is 7.16. The van der Waals surface area contributed by atoms with Gasteiger partial charge < -0.3 is 5.32 Å². The van der Waals surface area contributed by atoms with E-state index in [0.717, 1.165) is 19.5 Å². The molecule has 0 aromatic heterocycles. The Bertz CT molecular complexity index is 408. The highest BCUT2D eigenvalue weighted by molar-refractivity contribution is 5.25. The van der Waals surface area contributed by atoms with E-state index in [-0.39, 0.29) is 17.8 Å². The molecule has 19 heavy (non-hydrogen) atoms. The Balaban J connectivity index is 2.23. The van der Waals surface area contributed by atoms with Crippen LogP contribution in [0.2, 0.25) is 0 Å². The zero-order valence-corrected chi connectivity index (χ0v) is 12.2. The van der Waals surface area contributed by atoms with E-state index in [2.05, 4.69) is 55.3 Å². The predicted molar refractivity (Wildman–Crippen MR) is 78.0 cm³/mol. The second kappa shape index (κ2) is 5.59. The molecule has 0 aliphatic carbocycles. The quantitative estimate of drug-likeness (QED) is 0.899. The molecule has 0 radical (unpaired) electrons. The number of benzene rings is 1. The van der Waals surface area contributed by atoms with E-state index in [4.69, 9.17) is 0 Å². The molecule has 1 heterocycles. The lowest BCUT2D eigenvalue weighted by Crippen LogP contribution is -2.66. The molecule has 2 rings (SSSR count). The summed E-state index contributed by atoms with van der Waals surface area (Å²) in [6.45, 7) is 8.61. The van der Waals surface area contributed by atoms with Gasteiger partial charge in [-0.2, -0.15) is 0 Å². The number of nitrogens with zero attached hydrogens (tertiary/aromatic N) is 1. The predicted octanol–water partition coefficient (Wildman–Crippen LogP) is 2.95. The van der Waals surface area contributed by atoms with Crippen molar-refractivity contribution in [2.45, 2.75) is 38.3 Å². The van der Waals surface area contributed by atoms with Crippen LogP contribution in [0.25, 0.3) is 0 Å². The molecular weight excluding hydrogens is 239 g/mol. The van der Waals surface area contributed by atoms with Gasteiger partial charge in [0.05, 0.1) is 5.54 Å². The second-order valence-corrected chi connectivity index (χ2v) is 6.01. The van der Waals surface area contributed by atoms with Gasteiger partial charge in [0, 0.05) is 25.2 Å². The van der Waals surface area contributed by atoms with Gasteiger partial charge in [-0.05, 0) is 25.8 Å². The van der Waals surface area contributed by atoms with Gasteiger partial charge in [0.1, 0.15) is 6.67 Å². The molecule has 0 saturated carbocycles. The Hall–Kier alpha value is -0.930. The smallest absolute Gasteiger partial charge is 0.102 e. The minimum absolute atomic E-state index is 0.0559. The van der Waals surface area contributed by atoms with E-state index in [9.17, 15) is 4.39 Å². The van der Waals surface area contributed by atoms with E-state index in [1.54, 1.807) is 0 Å². The molecule has 1 aliphatic heterocycles. The number of nitrogens with one attached hydrogen (secondary N) is 1. The van der Waals surface area contributed by atoms with Crippen LogP contribution in [0.1, 0.15) is 32.8 Å². The Morgan fingerprint density at radius 3 is 2.53 bits per heavy atom. The number of hydrogen-bond donors (Lipinski definition) is 1. The summed E-state index contributed by atoms with van der Waals surface area (Å²) in [5.74, 6) is 0. The second-order valence-electron chi connectivity index (χ2n) is 6.01. The molecule has 2 unspecified atom stereocenters. The van der Waals surface area contributed by atoms with Gasteiger partial charge in [-0.1, -0.05) is 37.3 Å². The van der Waals surface area contributed by atoms with Crippen LogP contribution >= 0.6 is 0 Å². The zero-order valence-electron chi connectivity index (χ0n) is 12.2.